The van der Waals surface area contributed by atoms with Gasteiger partial charge in [-0.1, -0.05) is 17.7 Å². The Labute approximate surface area is 135 Å². The summed E-state index contributed by atoms with van der Waals surface area (Å²) < 4.78 is 0. The standard InChI is InChI=1S/C16H22ClN3O2/c1-11-13(17)3-2-4-14(11)19-15(21)7-10-20-8-5-12(6-9-20)16(18)22/h2-4,12H,5-10H2,1H3,(H2,18,22)(H,19,21)/p+1. The van der Waals surface area contributed by atoms with Crippen LogP contribution in [-0.4, -0.2) is 31.4 Å². The number of halogens is 1. The molecule has 0 unspecified atom stereocenters. The number of primary amides is 1. The first-order valence-corrected chi connectivity index (χ1v) is 8.03. The van der Waals surface area contributed by atoms with E-state index >= 15 is 0 Å². The molecule has 4 N–H and O–H groups in total. The Morgan fingerprint density at radius 2 is 2.05 bits per heavy atom. The zero-order valence-corrected chi connectivity index (χ0v) is 13.6. The lowest BCUT2D eigenvalue weighted by atomic mass is 9.96. The number of piperidine rings is 1. The molecule has 0 radical (unpaired) electrons. The molecule has 0 aliphatic carbocycles. The molecular formula is C16H23ClN3O2+. The van der Waals surface area contributed by atoms with Crippen LogP contribution in [0, 0.1) is 12.8 Å². The van der Waals surface area contributed by atoms with Crippen LogP contribution in [0.25, 0.3) is 0 Å². The van der Waals surface area contributed by atoms with Crippen LogP contribution in [0.15, 0.2) is 18.2 Å². The third-order valence-corrected chi connectivity index (χ3v) is 4.75. The molecule has 1 aromatic rings. The highest BCUT2D eigenvalue weighted by Gasteiger charge is 2.25. The SMILES string of the molecule is Cc1c(Cl)cccc1NC(=O)CC[NH+]1CCC(C(N)=O)CC1. The number of carbonyl (C=O) groups is 2. The van der Waals surface area contributed by atoms with Crippen molar-refractivity contribution in [2.75, 3.05) is 25.0 Å². The van der Waals surface area contributed by atoms with Gasteiger partial charge in [0.15, 0.2) is 0 Å². The number of likely N-dealkylation sites (tertiary alicyclic amines) is 1. The lowest BCUT2D eigenvalue weighted by Gasteiger charge is -2.27. The number of quaternary nitrogens is 1. The Morgan fingerprint density at radius 1 is 1.36 bits per heavy atom. The van der Waals surface area contributed by atoms with Crippen LogP contribution in [0.1, 0.15) is 24.8 Å². The van der Waals surface area contributed by atoms with E-state index in [1.54, 1.807) is 6.07 Å². The van der Waals surface area contributed by atoms with Gasteiger partial charge in [-0.15, -0.1) is 0 Å². The molecule has 2 amide bonds. The van der Waals surface area contributed by atoms with Gasteiger partial charge in [-0.05, 0) is 24.6 Å². The van der Waals surface area contributed by atoms with Gasteiger partial charge >= 0.3 is 0 Å². The molecule has 0 bridgehead atoms. The topological polar surface area (TPSA) is 76.6 Å². The maximum Gasteiger partial charge on any atom is 0.230 e. The number of carbonyl (C=O) groups excluding carboxylic acids is 2. The van der Waals surface area contributed by atoms with Gasteiger partial charge in [-0.25, -0.2) is 0 Å². The fourth-order valence-electron chi connectivity index (χ4n) is 2.81. The van der Waals surface area contributed by atoms with E-state index in [2.05, 4.69) is 5.32 Å². The summed E-state index contributed by atoms with van der Waals surface area (Å²) in [6.45, 7) is 4.46. The van der Waals surface area contributed by atoms with Crippen LogP contribution in [0.2, 0.25) is 5.02 Å². The smallest absolute Gasteiger partial charge is 0.230 e. The van der Waals surface area contributed by atoms with Crippen LogP contribution in [0.4, 0.5) is 5.69 Å². The molecule has 0 spiro atoms. The van der Waals surface area contributed by atoms with Crippen molar-refractivity contribution in [3.63, 3.8) is 0 Å². The summed E-state index contributed by atoms with van der Waals surface area (Å²) >= 11 is 6.04. The van der Waals surface area contributed by atoms with Crippen molar-refractivity contribution in [3.8, 4) is 0 Å². The first kappa shape index (κ1) is 16.8. The summed E-state index contributed by atoms with van der Waals surface area (Å²) in [6.07, 6.45) is 2.10. The molecular weight excluding hydrogens is 302 g/mol. The summed E-state index contributed by atoms with van der Waals surface area (Å²) in [4.78, 5) is 24.5. The minimum Gasteiger partial charge on any atom is -0.369 e. The third kappa shape index (κ3) is 4.45. The highest BCUT2D eigenvalue weighted by Crippen LogP contribution is 2.22. The predicted octanol–water partition coefficient (Wildman–Crippen LogP) is 0.757. The van der Waals surface area contributed by atoms with Crippen LogP contribution < -0.4 is 16.0 Å². The van der Waals surface area contributed by atoms with Crippen LogP contribution in [-0.2, 0) is 9.59 Å². The van der Waals surface area contributed by atoms with Crippen LogP contribution >= 0.6 is 11.6 Å². The molecule has 0 atom stereocenters. The molecule has 1 aliphatic rings. The lowest BCUT2D eigenvalue weighted by Crippen LogP contribution is -3.13. The zero-order valence-electron chi connectivity index (χ0n) is 12.8. The molecule has 5 nitrogen and oxygen atoms in total. The van der Waals surface area contributed by atoms with Crippen molar-refractivity contribution in [1.29, 1.82) is 0 Å². The van der Waals surface area contributed by atoms with Crippen molar-refractivity contribution in [3.05, 3.63) is 28.8 Å². The van der Waals surface area contributed by atoms with E-state index in [-0.39, 0.29) is 17.7 Å². The zero-order chi connectivity index (χ0) is 16.1. The maximum atomic E-state index is 12.0. The minimum atomic E-state index is -0.201. The van der Waals surface area contributed by atoms with Gasteiger partial charge in [0.1, 0.15) is 0 Å². The fourth-order valence-corrected chi connectivity index (χ4v) is 2.98. The van der Waals surface area contributed by atoms with Gasteiger partial charge in [-0.3, -0.25) is 9.59 Å². The molecule has 1 fully saturated rings. The summed E-state index contributed by atoms with van der Waals surface area (Å²) in [5.41, 5.74) is 6.97. The Hall–Kier alpha value is -1.59. The van der Waals surface area contributed by atoms with Gasteiger partial charge in [0.25, 0.3) is 0 Å². The van der Waals surface area contributed by atoms with Crippen molar-refractivity contribution in [1.82, 2.24) is 0 Å². The van der Waals surface area contributed by atoms with Crippen molar-refractivity contribution < 1.29 is 14.5 Å². The molecule has 1 aliphatic heterocycles. The molecule has 1 heterocycles. The second-order valence-electron chi connectivity index (χ2n) is 5.89. The highest BCUT2D eigenvalue weighted by molar-refractivity contribution is 6.31. The van der Waals surface area contributed by atoms with Gasteiger partial charge in [0.2, 0.25) is 11.8 Å². The van der Waals surface area contributed by atoms with Crippen molar-refractivity contribution >= 4 is 29.1 Å². The number of hydrogen-bond acceptors (Lipinski definition) is 2. The van der Waals surface area contributed by atoms with E-state index < -0.39 is 0 Å². The highest BCUT2D eigenvalue weighted by atomic mass is 35.5. The van der Waals surface area contributed by atoms with E-state index in [0.29, 0.717) is 11.4 Å². The van der Waals surface area contributed by atoms with E-state index in [1.807, 2.05) is 19.1 Å². The average Bonchev–Trinajstić information content (AvgIpc) is 2.50. The second-order valence-corrected chi connectivity index (χ2v) is 6.29. The molecule has 1 aromatic carbocycles. The van der Waals surface area contributed by atoms with Gasteiger partial charge in [0, 0.05) is 29.5 Å². The number of rotatable bonds is 5. The van der Waals surface area contributed by atoms with Crippen molar-refractivity contribution in [2.24, 2.45) is 11.7 Å². The number of amides is 2. The molecule has 22 heavy (non-hydrogen) atoms. The molecule has 120 valence electrons. The Bertz CT molecular complexity index is 554. The third-order valence-electron chi connectivity index (χ3n) is 4.34. The number of hydrogen-bond donors (Lipinski definition) is 3. The summed E-state index contributed by atoms with van der Waals surface area (Å²) in [6, 6.07) is 5.48. The predicted molar refractivity (Wildman–Crippen MR) is 86.9 cm³/mol. The molecule has 0 aromatic heterocycles. The van der Waals surface area contributed by atoms with E-state index in [1.165, 1.54) is 4.90 Å². The quantitative estimate of drug-likeness (QED) is 0.748. The van der Waals surface area contributed by atoms with Gasteiger partial charge in [0.05, 0.1) is 26.1 Å². The largest absolute Gasteiger partial charge is 0.369 e. The number of benzene rings is 1. The normalized spacial score (nSPS) is 21.4. The maximum absolute atomic E-state index is 12.0. The number of anilines is 1. The van der Waals surface area contributed by atoms with Crippen LogP contribution in [0.3, 0.4) is 0 Å². The minimum absolute atomic E-state index is 0.00473. The second kappa shape index (κ2) is 7.61. The Kier molecular flexibility index (Phi) is 5.80. The Morgan fingerprint density at radius 3 is 2.68 bits per heavy atom. The van der Waals surface area contributed by atoms with E-state index in [9.17, 15) is 9.59 Å². The van der Waals surface area contributed by atoms with Crippen LogP contribution in [0.5, 0.6) is 0 Å². The van der Waals surface area contributed by atoms with Crippen molar-refractivity contribution in [2.45, 2.75) is 26.2 Å². The lowest BCUT2D eigenvalue weighted by molar-refractivity contribution is -0.905. The number of nitrogens with two attached hydrogens (primary N) is 1. The monoisotopic (exact) mass is 324 g/mol. The van der Waals surface area contributed by atoms with E-state index in [0.717, 1.165) is 43.7 Å². The average molecular weight is 325 g/mol. The summed E-state index contributed by atoms with van der Waals surface area (Å²) in [5.74, 6) is -0.199. The first-order chi connectivity index (χ1) is 10.5. The molecule has 1 saturated heterocycles. The van der Waals surface area contributed by atoms with Gasteiger partial charge < -0.3 is 16.0 Å². The Balaban J connectivity index is 1.77. The molecule has 2 rings (SSSR count). The summed E-state index contributed by atoms with van der Waals surface area (Å²) in [7, 11) is 0. The molecule has 0 saturated carbocycles. The van der Waals surface area contributed by atoms with E-state index in [4.69, 9.17) is 17.3 Å². The number of nitrogens with one attached hydrogen (secondary N) is 2. The molecule has 6 heteroatoms. The summed E-state index contributed by atoms with van der Waals surface area (Å²) in [5, 5.41) is 3.56. The fraction of sp³-hybridized carbons (Fsp3) is 0.500. The van der Waals surface area contributed by atoms with Gasteiger partial charge in [-0.2, -0.15) is 0 Å². The first-order valence-electron chi connectivity index (χ1n) is 7.65.